The van der Waals surface area contributed by atoms with E-state index in [1.54, 1.807) is 7.11 Å². The van der Waals surface area contributed by atoms with Gasteiger partial charge in [0.1, 0.15) is 5.75 Å². The van der Waals surface area contributed by atoms with Crippen LogP contribution >= 0.6 is 0 Å². The highest BCUT2D eigenvalue weighted by Crippen LogP contribution is 2.20. The van der Waals surface area contributed by atoms with Crippen LogP contribution in [0.3, 0.4) is 0 Å². The normalized spacial score (nSPS) is 14.4. The van der Waals surface area contributed by atoms with Crippen molar-refractivity contribution in [3.8, 4) is 5.75 Å². The highest BCUT2D eigenvalue weighted by atomic mass is 16.5. The Morgan fingerprint density at radius 1 is 1.03 bits per heavy atom. The molecule has 0 spiro atoms. The number of piperazine rings is 1. The molecule has 0 radical (unpaired) electrons. The molecule has 0 aliphatic carbocycles. The third-order valence-corrected chi connectivity index (χ3v) is 5.72. The summed E-state index contributed by atoms with van der Waals surface area (Å²) in [5, 5.41) is 0. The van der Waals surface area contributed by atoms with E-state index in [4.69, 9.17) is 4.74 Å². The fraction of sp³-hybridized carbons (Fsp3) is 0.458. The monoisotopic (exact) mass is 395 g/mol. The molecule has 2 aromatic rings. The fourth-order valence-corrected chi connectivity index (χ4v) is 3.84. The third-order valence-electron chi connectivity index (χ3n) is 5.72. The summed E-state index contributed by atoms with van der Waals surface area (Å²) in [6.45, 7) is 9.25. The van der Waals surface area contributed by atoms with Crippen LogP contribution in [0.4, 0.5) is 5.69 Å². The van der Waals surface area contributed by atoms with Crippen LogP contribution in [0.1, 0.15) is 23.1 Å². The summed E-state index contributed by atoms with van der Waals surface area (Å²) in [6.07, 6.45) is 0.573. The van der Waals surface area contributed by atoms with Gasteiger partial charge in [0.25, 0.3) is 0 Å². The number of ether oxygens (including phenoxy) is 1. The number of methoxy groups -OCH3 is 1. The number of rotatable bonds is 7. The van der Waals surface area contributed by atoms with Crippen LogP contribution in [-0.2, 0) is 11.3 Å². The molecule has 1 saturated heterocycles. The molecule has 1 aliphatic rings. The van der Waals surface area contributed by atoms with E-state index in [0.29, 0.717) is 6.42 Å². The molecule has 5 heteroatoms. The molecule has 5 nitrogen and oxygen atoms in total. The number of nitrogens with zero attached hydrogens (tertiary/aromatic N) is 3. The topological polar surface area (TPSA) is 36.0 Å². The van der Waals surface area contributed by atoms with Crippen molar-refractivity contribution >= 4 is 11.6 Å². The average Bonchev–Trinajstić information content (AvgIpc) is 2.74. The summed E-state index contributed by atoms with van der Waals surface area (Å²) < 4.78 is 5.22. The number of anilines is 1. The molecule has 1 aliphatic heterocycles. The third kappa shape index (κ3) is 5.73. The Morgan fingerprint density at radius 2 is 1.72 bits per heavy atom. The Labute approximate surface area is 174 Å². The first-order valence-electron chi connectivity index (χ1n) is 10.4. The van der Waals surface area contributed by atoms with E-state index >= 15 is 0 Å². The minimum absolute atomic E-state index is 0.256. The number of carbonyl (C=O) groups is 1. The van der Waals surface area contributed by atoms with Crippen LogP contribution < -0.4 is 9.64 Å². The van der Waals surface area contributed by atoms with Gasteiger partial charge in [-0.1, -0.05) is 23.8 Å². The molecule has 1 fully saturated rings. The lowest BCUT2D eigenvalue weighted by atomic mass is 10.1. The van der Waals surface area contributed by atoms with Crippen LogP contribution in [0, 0.1) is 13.8 Å². The van der Waals surface area contributed by atoms with Crippen LogP contribution in [0.2, 0.25) is 0 Å². The van der Waals surface area contributed by atoms with Gasteiger partial charge in [-0.2, -0.15) is 0 Å². The summed E-state index contributed by atoms with van der Waals surface area (Å²) in [6, 6.07) is 14.7. The first-order valence-corrected chi connectivity index (χ1v) is 10.4. The van der Waals surface area contributed by atoms with Gasteiger partial charge in [0.15, 0.2) is 0 Å². The zero-order valence-electron chi connectivity index (χ0n) is 18.1. The maximum atomic E-state index is 12.7. The molecule has 2 aromatic carbocycles. The number of benzene rings is 2. The summed E-state index contributed by atoms with van der Waals surface area (Å²) in [4.78, 5) is 19.2. The maximum Gasteiger partial charge on any atom is 0.223 e. The van der Waals surface area contributed by atoms with Gasteiger partial charge in [-0.25, -0.2) is 0 Å². The molecule has 0 aromatic heterocycles. The summed E-state index contributed by atoms with van der Waals surface area (Å²) >= 11 is 0. The second-order valence-corrected chi connectivity index (χ2v) is 7.98. The molecular weight excluding hydrogens is 362 g/mol. The molecule has 1 amide bonds. The van der Waals surface area contributed by atoms with Crippen molar-refractivity contribution in [2.45, 2.75) is 26.8 Å². The number of aryl methyl sites for hydroxylation is 2. The largest absolute Gasteiger partial charge is 0.497 e. The van der Waals surface area contributed by atoms with Gasteiger partial charge in [-0.3, -0.25) is 4.79 Å². The van der Waals surface area contributed by atoms with Gasteiger partial charge in [-0.05, 0) is 56.3 Å². The minimum atomic E-state index is 0.256. The van der Waals surface area contributed by atoms with Gasteiger partial charge >= 0.3 is 0 Å². The van der Waals surface area contributed by atoms with E-state index in [0.717, 1.165) is 45.0 Å². The Kier molecular flexibility index (Phi) is 7.15. The maximum absolute atomic E-state index is 12.7. The van der Waals surface area contributed by atoms with Gasteiger partial charge in [0.05, 0.1) is 7.11 Å². The molecule has 1 heterocycles. The van der Waals surface area contributed by atoms with E-state index in [9.17, 15) is 4.79 Å². The fourth-order valence-electron chi connectivity index (χ4n) is 3.84. The lowest BCUT2D eigenvalue weighted by Gasteiger charge is -2.36. The van der Waals surface area contributed by atoms with Crippen molar-refractivity contribution < 1.29 is 9.53 Å². The second kappa shape index (κ2) is 9.79. The minimum Gasteiger partial charge on any atom is -0.497 e. The molecule has 0 N–H and O–H groups in total. The van der Waals surface area contributed by atoms with Crippen molar-refractivity contribution in [3.63, 3.8) is 0 Å². The number of hydrogen-bond donors (Lipinski definition) is 0. The SMILES string of the molecule is COc1ccc(N2CCN(C(=O)CCN(C)Cc3ccc(C)cc3C)CC2)cc1. The Morgan fingerprint density at radius 3 is 2.34 bits per heavy atom. The van der Waals surface area contributed by atoms with Crippen LogP contribution in [0.15, 0.2) is 42.5 Å². The summed E-state index contributed by atoms with van der Waals surface area (Å²) in [5.41, 5.74) is 5.13. The number of carbonyl (C=O) groups excluding carboxylic acids is 1. The van der Waals surface area contributed by atoms with E-state index in [1.165, 1.54) is 22.4 Å². The van der Waals surface area contributed by atoms with Gasteiger partial charge in [-0.15, -0.1) is 0 Å². The standard InChI is InChI=1S/C24H33N3O2/c1-19-5-6-21(20(2)17-19)18-25(3)12-11-24(28)27-15-13-26(14-16-27)22-7-9-23(29-4)10-8-22/h5-10,17H,11-16,18H2,1-4H3. The molecule has 3 rings (SSSR count). The molecule has 0 atom stereocenters. The average molecular weight is 396 g/mol. The predicted octanol–water partition coefficient (Wildman–Crippen LogP) is 3.48. The van der Waals surface area contributed by atoms with Crippen molar-refractivity contribution in [1.82, 2.24) is 9.80 Å². The first kappa shape index (κ1) is 21.2. The van der Waals surface area contributed by atoms with E-state index in [-0.39, 0.29) is 5.91 Å². The molecule has 0 unspecified atom stereocenters. The molecule has 0 bridgehead atoms. The van der Waals surface area contributed by atoms with E-state index < -0.39 is 0 Å². The molecule has 29 heavy (non-hydrogen) atoms. The smallest absolute Gasteiger partial charge is 0.223 e. The van der Waals surface area contributed by atoms with Gasteiger partial charge < -0.3 is 19.4 Å². The molecular formula is C24H33N3O2. The lowest BCUT2D eigenvalue weighted by Crippen LogP contribution is -2.49. The van der Waals surface area contributed by atoms with Crippen LogP contribution in [-0.4, -0.2) is 62.6 Å². The number of amides is 1. The lowest BCUT2D eigenvalue weighted by molar-refractivity contribution is -0.131. The van der Waals surface area contributed by atoms with Crippen molar-refractivity contribution in [2.24, 2.45) is 0 Å². The number of hydrogen-bond acceptors (Lipinski definition) is 4. The van der Waals surface area contributed by atoms with Crippen LogP contribution in [0.25, 0.3) is 0 Å². The molecule has 0 saturated carbocycles. The Hall–Kier alpha value is -2.53. The van der Waals surface area contributed by atoms with Crippen molar-refractivity contribution in [2.75, 3.05) is 51.8 Å². The Bertz CT molecular complexity index is 811. The summed E-state index contributed by atoms with van der Waals surface area (Å²) in [5.74, 6) is 1.12. The van der Waals surface area contributed by atoms with Gasteiger partial charge in [0.2, 0.25) is 5.91 Å². The second-order valence-electron chi connectivity index (χ2n) is 7.98. The molecule has 156 valence electrons. The quantitative estimate of drug-likeness (QED) is 0.719. The zero-order valence-corrected chi connectivity index (χ0v) is 18.1. The highest BCUT2D eigenvalue weighted by Gasteiger charge is 2.21. The van der Waals surface area contributed by atoms with Gasteiger partial charge in [0, 0.05) is 51.4 Å². The predicted molar refractivity (Wildman–Crippen MR) is 119 cm³/mol. The van der Waals surface area contributed by atoms with Crippen molar-refractivity contribution in [3.05, 3.63) is 59.2 Å². The van der Waals surface area contributed by atoms with E-state index in [2.05, 4.69) is 61.0 Å². The highest BCUT2D eigenvalue weighted by molar-refractivity contribution is 5.76. The van der Waals surface area contributed by atoms with E-state index in [1.807, 2.05) is 17.0 Å². The van der Waals surface area contributed by atoms with Crippen molar-refractivity contribution in [1.29, 1.82) is 0 Å². The summed E-state index contributed by atoms with van der Waals surface area (Å²) in [7, 11) is 3.77. The first-order chi connectivity index (χ1) is 14.0. The zero-order chi connectivity index (χ0) is 20.8. The van der Waals surface area contributed by atoms with Crippen LogP contribution in [0.5, 0.6) is 5.75 Å². The Balaban J connectivity index is 1.43.